The third kappa shape index (κ3) is 6.67. The number of hydrazine groups is 1. The monoisotopic (exact) mass is 910 g/mol. The number of aromatic hydroxyl groups is 1. The molecule has 3 heterocycles. The van der Waals surface area contributed by atoms with E-state index in [1.54, 1.807) is 32.1 Å². The minimum Gasteiger partial charge on any atom is -0.507 e. The lowest BCUT2D eigenvalue weighted by molar-refractivity contribution is -0.143. The van der Waals surface area contributed by atoms with Crippen molar-refractivity contribution in [2.45, 2.75) is 56.6 Å². The van der Waals surface area contributed by atoms with Gasteiger partial charge in [-0.2, -0.15) is 44.5 Å². The number of imide groups is 2. The molecule has 4 amide bonds. The average molecular weight is 912 g/mol. The van der Waals surface area contributed by atoms with Gasteiger partial charge in [-0.3, -0.25) is 24.6 Å². The number of pyridine rings is 1. The van der Waals surface area contributed by atoms with E-state index < -0.39 is 110 Å². The van der Waals surface area contributed by atoms with Crippen LogP contribution in [0.2, 0.25) is 10.0 Å². The van der Waals surface area contributed by atoms with Crippen molar-refractivity contribution in [1.82, 2.24) is 9.99 Å². The van der Waals surface area contributed by atoms with Gasteiger partial charge in [-0.25, -0.2) is 9.88 Å². The van der Waals surface area contributed by atoms with E-state index in [-0.39, 0.29) is 47.4 Å². The molecule has 1 saturated carbocycles. The SMILES string of the molecule is Cc1cc(C2C3=CCC4C(=O)N(c5cc(C(F)(F)F)cc(C(F)(F)F)c5)C(=O)C4C3CC3C(=O)N(Nc4ncc(C(F)(F)F)cc4Cl)C(=O)C32c2ccc(Cl)cc2)cc(C)c1O. The molecule has 6 atom stereocenters. The van der Waals surface area contributed by atoms with Gasteiger partial charge in [-0.15, -0.1) is 0 Å². The number of hydrogen-bond acceptors (Lipinski definition) is 7. The number of nitrogens with one attached hydrogen (secondary N) is 1. The standard InChI is InChI=1S/C42H29Cl2F9N4O5/c1-17-9-19(10-18(2)33(17)58)32-26-7-8-27-31(37(61)56(35(27)59)25-12-21(40(45,46)47)11-22(13-25)41(48,49)50)28(26)15-29-36(60)57(38(62)39(29,32)20-3-5-24(43)6-4-20)55-34-30(44)14-23(16-54-34)42(51,52)53/h3-7,9-14,16,27-29,31-32,58H,8,15H2,1-2H3,(H,54,55). The highest BCUT2D eigenvalue weighted by Crippen LogP contribution is 2.64. The highest BCUT2D eigenvalue weighted by Gasteiger charge is 2.70. The molecule has 0 radical (unpaired) electrons. The summed E-state index contributed by atoms with van der Waals surface area (Å²) in [6, 6.07) is 9.93. The summed E-state index contributed by atoms with van der Waals surface area (Å²) >= 11 is 12.5. The number of phenolic OH excluding ortho intramolecular Hbond substituents is 1. The normalized spacial score (nSPS) is 25.2. The van der Waals surface area contributed by atoms with Crippen molar-refractivity contribution in [1.29, 1.82) is 0 Å². The van der Waals surface area contributed by atoms with Crippen LogP contribution in [0.15, 0.2) is 78.5 Å². The Bertz CT molecular complexity index is 2580. The topological polar surface area (TPSA) is 120 Å². The molecule has 2 saturated heterocycles. The Labute approximate surface area is 355 Å². The smallest absolute Gasteiger partial charge is 0.417 e. The van der Waals surface area contributed by atoms with Crippen molar-refractivity contribution in [3.63, 3.8) is 0 Å². The van der Waals surface area contributed by atoms with E-state index in [1.165, 1.54) is 24.3 Å². The van der Waals surface area contributed by atoms with E-state index in [4.69, 9.17) is 23.2 Å². The molecular formula is C42H29Cl2F9N4O5. The van der Waals surface area contributed by atoms with Crippen molar-refractivity contribution < 1.29 is 63.8 Å². The van der Waals surface area contributed by atoms with E-state index in [0.717, 1.165) is 0 Å². The lowest BCUT2D eigenvalue weighted by atomic mass is 9.49. The molecule has 20 heteroatoms. The third-order valence-corrected chi connectivity index (χ3v) is 12.8. The van der Waals surface area contributed by atoms with Gasteiger partial charge in [0.15, 0.2) is 5.82 Å². The third-order valence-electron chi connectivity index (χ3n) is 12.2. The zero-order chi connectivity index (χ0) is 45.2. The Hall–Kier alpha value is -5.62. The summed E-state index contributed by atoms with van der Waals surface area (Å²) in [5.41, 5.74) is -3.65. The fourth-order valence-corrected chi connectivity index (χ4v) is 9.97. The average Bonchev–Trinajstić information content (AvgIpc) is 3.57. The maximum absolute atomic E-state index is 15.4. The quantitative estimate of drug-likeness (QED) is 0.116. The van der Waals surface area contributed by atoms with Crippen LogP contribution < -0.4 is 10.3 Å². The molecule has 4 aliphatic rings. The van der Waals surface area contributed by atoms with Gasteiger partial charge in [0.1, 0.15) is 5.75 Å². The number of anilines is 2. The summed E-state index contributed by atoms with van der Waals surface area (Å²) in [5, 5.41) is 11.0. The highest BCUT2D eigenvalue weighted by molar-refractivity contribution is 6.33. The summed E-state index contributed by atoms with van der Waals surface area (Å²) in [7, 11) is 0. The largest absolute Gasteiger partial charge is 0.507 e. The number of nitrogens with zero attached hydrogens (tertiary/aromatic N) is 3. The Kier molecular flexibility index (Phi) is 10.0. The number of aromatic nitrogens is 1. The number of allylic oxidation sites excluding steroid dienone is 2. The van der Waals surface area contributed by atoms with Crippen molar-refractivity contribution >= 4 is 58.3 Å². The predicted octanol–water partition coefficient (Wildman–Crippen LogP) is 9.96. The minimum atomic E-state index is -5.30. The number of aryl methyl sites for hydroxylation is 2. The van der Waals surface area contributed by atoms with Gasteiger partial charge in [-0.05, 0) is 91.3 Å². The lowest BCUT2D eigenvalue weighted by Gasteiger charge is -2.50. The number of phenols is 1. The van der Waals surface area contributed by atoms with Gasteiger partial charge in [0.25, 0.3) is 11.8 Å². The molecule has 0 spiro atoms. The minimum absolute atomic E-state index is 0.109. The zero-order valence-corrected chi connectivity index (χ0v) is 33.3. The van der Waals surface area contributed by atoms with Crippen LogP contribution in [0.5, 0.6) is 5.75 Å². The molecule has 2 aliphatic heterocycles. The summed E-state index contributed by atoms with van der Waals surface area (Å²) in [4.78, 5) is 63.0. The first-order valence-corrected chi connectivity index (χ1v) is 19.4. The maximum atomic E-state index is 15.4. The lowest BCUT2D eigenvalue weighted by Crippen LogP contribution is -2.53. The Balaban J connectivity index is 1.31. The van der Waals surface area contributed by atoms with Crippen molar-refractivity contribution in [2.24, 2.45) is 23.7 Å². The predicted molar refractivity (Wildman–Crippen MR) is 203 cm³/mol. The second-order valence-corrected chi connectivity index (χ2v) is 16.5. The first kappa shape index (κ1) is 43.0. The number of hydrogen-bond donors (Lipinski definition) is 2. The summed E-state index contributed by atoms with van der Waals surface area (Å²) in [6.07, 6.45) is -14.1. The highest BCUT2D eigenvalue weighted by atomic mass is 35.5. The first-order valence-electron chi connectivity index (χ1n) is 18.7. The Morgan fingerprint density at radius 2 is 1.34 bits per heavy atom. The molecule has 8 rings (SSSR count). The fraction of sp³-hybridized carbons (Fsp3) is 0.310. The maximum Gasteiger partial charge on any atom is 0.417 e. The van der Waals surface area contributed by atoms with E-state index in [2.05, 4.69) is 10.4 Å². The summed E-state index contributed by atoms with van der Waals surface area (Å²) < 4.78 is 124. The molecule has 324 valence electrons. The number of halogens is 11. The number of alkyl halides is 9. The molecule has 1 aromatic heterocycles. The van der Waals surface area contributed by atoms with E-state index >= 15 is 4.79 Å². The molecule has 62 heavy (non-hydrogen) atoms. The number of rotatable bonds is 5. The number of carbonyl (C=O) groups excluding carboxylic acids is 4. The molecular weight excluding hydrogens is 882 g/mol. The number of amides is 4. The zero-order valence-electron chi connectivity index (χ0n) is 31.8. The summed E-state index contributed by atoms with van der Waals surface area (Å²) in [6.45, 7) is 3.14. The van der Waals surface area contributed by atoms with Crippen LogP contribution in [0.4, 0.5) is 51.0 Å². The van der Waals surface area contributed by atoms with Gasteiger partial charge in [0, 0.05) is 17.1 Å². The van der Waals surface area contributed by atoms with E-state index in [0.29, 0.717) is 44.4 Å². The Morgan fingerprint density at radius 3 is 1.89 bits per heavy atom. The second-order valence-electron chi connectivity index (χ2n) is 15.7. The van der Waals surface area contributed by atoms with Crippen LogP contribution in [0.3, 0.4) is 0 Å². The van der Waals surface area contributed by atoms with Gasteiger partial charge in [-0.1, -0.05) is 59.1 Å². The molecule has 4 aromatic rings. The molecule has 2 N–H and O–H groups in total. The van der Waals surface area contributed by atoms with Crippen LogP contribution >= 0.6 is 23.2 Å². The molecule has 9 nitrogen and oxygen atoms in total. The van der Waals surface area contributed by atoms with Crippen LogP contribution in [-0.4, -0.2) is 38.7 Å². The molecule has 6 unspecified atom stereocenters. The number of benzene rings is 3. The number of fused-ring (bicyclic) bond motifs is 4. The van der Waals surface area contributed by atoms with Gasteiger partial charge < -0.3 is 5.11 Å². The molecule has 2 aliphatic carbocycles. The summed E-state index contributed by atoms with van der Waals surface area (Å²) in [5.74, 6) is -11.4. The van der Waals surface area contributed by atoms with Crippen LogP contribution in [0, 0.1) is 37.5 Å². The van der Waals surface area contributed by atoms with Gasteiger partial charge in [0.05, 0.1) is 50.6 Å². The van der Waals surface area contributed by atoms with Crippen molar-refractivity contribution in [2.75, 3.05) is 10.3 Å². The molecule has 0 bridgehead atoms. The van der Waals surface area contributed by atoms with Crippen molar-refractivity contribution in [3.8, 4) is 5.75 Å². The second kappa shape index (κ2) is 14.5. The van der Waals surface area contributed by atoms with Crippen LogP contribution in [-0.2, 0) is 43.1 Å². The first-order chi connectivity index (χ1) is 28.8. The van der Waals surface area contributed by atoms with Crippen LogP contribution in [0.25, 0.3) is 0 Å². The van der Waals surface area contributed by atoms with Crippen LogP contribution in [0.1, 0.15) is 57.7 Å². The fourth-order valence-electron chi connectivity index (χ4n) is 9.64. The molecule has 3 aromatic carbocycles. The van der Waals surface area contributed by atoms with Gasteiger partial charge in [0.2, 0.25) is 11.8 Å². The van der Waals surface area contributed by atoms with E-state index in [9.17, 15) is 59.0 Å². The van der Waals surface area contributed by atoms with Crippen molar-refractivity contribution in [3.05, 3.63) is 127 Å². The number of carbonyl (C=O) groups is 4. The van der Waals surface area contributed by atoms with Gasteiger partial charge >= 0.3 is 18.5 Å². The molecule has 3 fully saturated rings. The van der Waals surface area contributed by atoms with E-state index in [1.807, 2.05) is 0 Å². The Morgan fingerprint density at radius 1 is 0.758 bits per heavy atom.